The minimum absolute atomic E-state index is 0.0462. The number of rotatable bonds is 9. The molecule has 3 aromatic rings. The summed E-state index contributed by atoms with van der Waals surface area (Å²) < 4.78 is 97.7. The molecule has 2 unspecified atom stereocenters. The molecule has 2 aliphatic heterocycles. The number of hydrogen-bond donors (Lipinski definition) is 0. The summed E-state index contributed by atoms with van der Waals surface area (Å²) in [5.41, 5.74) is -0.530. The molecule has 3 fully saturated rings. The molecule has 0 N–H and O–H groups in total. The van der Waals surface area contributed by atoms with E-state index in [9.17, 15) is 35.9 Å². The summed E-state index contributed by atoms with van der Waals surface area (Å²) in [6.07, 6.45) is -9.43. The zero-order chi connectivity index (χ0) is 35.2. The third-order valence-electron chi connectivity index (χ3n) is 9.69. The predicted molar refractivity (Wildman–Crippen MR) is 166 cm³/mol. The van der Waals surface area contributed by atoms with E-state index in [1.165, 1.54) is 26.0 Å². The molecule has 6 rings (SSSR count). The third-order valence-corrected chi connectivity index (χ3v) is 9.69. The van der Waals surface area contributed by atoms with Gasteiger partial charge in [-0.05, 0) is 91.6 Å². The molecule has 2 atom stereocenters. The van der Waals surface area contributed by atoms with E-state index >= 15 is 0 Å². The van der Waals surface area contributed by atoms with Gasteiger partial charge in [-0.3, -0.25) is 9.69 Å². The van der Waals surface area contributed by atoms with Crippen LogP contribution in [0.2, 0.25) is 0 Å². The van der Waals surface area contributed by atoms with Gasteiger partial charge in [0.2, 0.25) is 0 Å². The molecule has 8 nitrogen and oxygen atoms in total. The summed E-state index contributed by atoms with van der Waals surface area (Å²) >= 11 is 0. The zero-order valence-electron chi connectivity index (χ0n) is 27.0. The van der Waals surface area contributed by atoms with E-state index in [2.05, 4.69) is 4.90 Å². The molecular formula is C35H35F6N3O5. The monoisotopic (exact) mass is 691 g/mol. The van der Waals surface area contributed by atoms with Gasteiger partial charge in [-0.15, -0.1) is 0 Å². The van der Waals surface area contributed by atoms with Gasteiger partial charge < -0.3 is 19.1 Å². The van der Waals surface area contributed by atoms with Gasteiger partial charge in [-0.25, -0.2) is 9.78 Å². The second-order valence-corrected chi connectivity index (χ2v) is 12.8. The van der Waals surface area contributed by atoms with Crippen LogP contribution in [0.5, 0.6) is 5.75 Å². The molecule has 3 aliphatic rings. The maximum Gasteiger partial charge on any atom is 0.416 e. The lowest BCUT2D eigenvalue weighted by molar-refractivity contribution is -0.144. The van der Waals surface area contributed by atoms with Gasteiger partial charge in [-0.1, -0.05) is 6.07 Å². The van der Waals surface area contributed by atoms with Crippen molar-refractivity contribution in [3.8, 4) is 16.9 Å². The minimum atomic E-state index is -5.05. The first-order valence-electron chi connectivity index (χ1n) is 15.9. The number of halogens is 6. The Bertz CT molecular complexity index is 1700. The van der Waals surface area contributed by atoms with Gasteiger partial charge in [0.15, 0.2) is 0 Å². The number of aromatic nitrogens is 1. The summed E-state index contributed by atoms with van der Waals surface area (Å²) in [5.74, 6) is 1.40. The fraction of sp³-hybridized carbons (Fsp3) is 0.457. The topological polar surface area (TPSA) is 81.2 Å². The zero-order valence-corrected chi connectivity index (χ0v) is 27.0. The Labute approximate surface area is 278 Å². The van der Waals surface area contributed by atoms with Crippen LogP contribution in [-0.2, 0) is 33.2 Å². The van der Waals surface area contributed by atoms with Crippen LogP contribution in [0.3, 0.4) is 0 Å². The third kappa shape index (κ3) is 7.00. The Morgan fingerprint density at radius 3 is 2.16 bits per heavy atom. The van der Waals surface area contributed by atoms with Crippen molar-refractivity contribution in [1.29, 1.82) is 0 Å². The Balaban J connectivity index is 1.33. The standard InChI is InChI=1S/C35H35F6N3O5/c1-19-32(23-14-24(34(36,37)38)17-25(15-23)35(39,40)41)49-33(46)44(19)18-28-26(6-8-30(42-28)43-9-4-10-43)27-16-21(5-7-29(27)47-2)22-11-20(12-22)13-31(45)48-3/h5-8,14-17,19-20,22,32H,4,9-13,18H2,1-3H3. The number of ether oxygens (including phenoxy) is 3. The largest absolute Gasteiger partial charge is 0.496 e. The Morgan fingerprint density at radius 2 is 1.59 bits per heavy atom. The molecule has 2 saturated heterocycles. The fourth-order valence-corrected chi connectivity index (χ4v) is 6.72. The number of benzene rings is 2. The highest BCUT2D eigenvalue weighted by Gasteiger charge is 2.44. The van der Waals surface area contributed by atoms with Crippen molar-refractivity contribution in [1.82, 2.24) is 9.88 Å². The first kappa shape index (κ1) is 34.4. The van der Waals surface area contributed by atoms with Crippen LogP contribution >= 0.6 is 0 Å². The van der Waals surface area contributed by atoms with Gasteiger partial charge in [-0.2, -0.15) is 26.3 Å². The Hall–Kier alpha value is -4.49. The van der Waals surface area contributed by atoms with Crippen molar-refractivity contribution in [3.63, 3.8) is 0 Å². The van der Waals surface area contributed by atoms with E-state index in [1.807, 2.05) is 30.3 Å². The molecule has 49 heavy (non-hydrogen) atoms. The molecule has 0 spiro atoms. The molecule has 1 aromatic heterocycles. The number of carbonyl (C=O) groups is 2. The summed E-state index contributed by atoms with van der Waals surface area (Å²) in [7, 11) is 2.90. The van der Waals surface area contributed by atoms with E-state index in [4.69, 9.17) is 19.2 Å². The fourth-order valence-electron chi connectivity index (χ4n) is 6.72. The van der Waals surface area contributed by atoms with E-state index in [-0.39, 0.29) is 30.4 Å². The first-order valence-corrected chi connectivity index (χ1v) is 15.9. The van der Waals surface area contributed by atoms with E-state index in [0.717, 1.165) is 37.9 Å². The van der Waals surface area contributed by atoms with Gasteiger partial charge >= 0.3 is 24.4 Å². The number of esters is 1. The van der Waals surface area contributed by atoms with E-state index in [1.54, 1.807) is 0 Å². The highest BCUT2D eigenvalue weighted by molar-refractivity contribution is 5.76. The maximum atomic E-state index is 13.6. The molecule has 1 amide bonds. The van der Waals surface area contributed by atoms with E-state index in [0.29, 0.717) is 46.9 Å². The highest BCUT2D eigenvalue weighted by Crippen LogP contribution is 2.46. The number of carbonyl (C=O) groups excluding carboxylic acids is 2. The summed E-state index contributed by atoms with van der Waals surface area (Å²) in [6.45, 7) is 2.97. The second-order valence-electron chi connectivity index (χ2n) is 12.8. The molecule has 14 heteroatoms. The maximum absolute atomic E-state index is 13.6. The van der Waals surface area contributed by atoms with Crippen molar-refractivity contribution in [2.75, 3.05) is 32.2 Å². The molecule has 0 bridgehead atoms. The number of anilines is 1. The van der Waals surface area contributed by atoms with Crippen LogP contribution in [0, 0.1) is 5.92 Å². The van der Waals surface area contributed by atoms with Crippen LogP contribution in [0.15, 0.2) is 48.5 Å². The average Bonchev–Trinajstić information content (AvgIpc) is 3.29. The Kier molecular flexibility index (Phi) is 9.18. The van der Waals surface area contributed by atoms with Crippen molar-refractivity contribution in [2.24, 2.45) is 5.92 Å². The average molecular weight is 692 g/mol. The molecule has 1 aliphatic carbocycles. The Morgan fingerprint density at radius 1 is 0.918 bits per heavy atom. The number of amides is 1. The first-order chi connectivity index (χ1) is 23.2. The van der Waals surface area contributed by atoms with Crippen LogP contribution in [-0.4, -0.2) is 55.3 Å². The number of pyridine rings is 1. The number of hydrogen-bond acceptors (Lipinski definition) is 7. The van der Waals surface area contributed by atoms with Gasteiger partial charge in [0.05, 0.1) is 43.6 Å². The summed E-state index contributed by atoms with van der Waals surface area (Å²) in [4.78, 5) is 33.3. The molecule has 0 radical (unpaired) electrons. The van der Waals surface area contributed by atoms with Gasteiger partial charge in [0.1, 0.15) is 17.7 Å². The van der Waals surface area contributed by atoms with Crippen molar-refractivity contribution >= 4 is 17.9 Å². The quantitative estimate of drug-likeness (QED) is 0.166. The van der Waals surface area contributed by atoms with Crippen LogP contribution in [0.25, 0.3) is 11.1 Å². The second kappa shape index (κ2) is 13.1. The van der Waals surface area contributed by atoms with E-state index < -0.39 is 47.3 Å². The van der Waals surface area contributed by atoms with Crippen molar-refractivity contribution < 1.29 is 50.1 Å². The molecular weight excluding hydrogens is 656 g/mol. The number of nitrogens with zero attached hydrogens (tertiary/aromatic N) is 3. The number of alkyl halides is 6. The number of methoxy groups -OCH3 is 2. The van der Waals surface area contributed by atoms with Crippen LogP contribution in [0.4, 0.5) is 37.0 Å². The predicted octanol–water partition coefficient (Wildman–Crippen LogP) is 8.14. The number of cyclic esters (lactones) is 1. The van der Waals surface area contributed by atoms with Gasteiger partial charge in [0.25, 0.3) is 0 Å². The lowest BCUT2D eigenvalue weighted by atomic mass is 9.70. The van der Waals surface area contributed by atoms with Gasteiger partial charge in [0, 0.05) is 30.6 Å². The summed E-state index contributed by atoms with van der Waals surface area (Å²) in [5, 5.41) is 0. The molecule has 3 heterocycles. The smallest absolute Gasteiger partial charge is 0.416 e. The lowest BCUT2D eigenvalue weighted by Gasteiger charge is -2.35. The molecule has 262 valence electrons. The van der Waals surface area contributed by atoms with Crippen LogP contribution < -0.4 is 9.64 Å². The molecule has 2 aromatic carbocycles. The normalized spacial score (nSPS) is 22.3. The van der Waals surface area contributed by atoms with Crippen molar-refractivity contribution in [3.05, 3.63) is 76.5 Å². The minimum Gasteiger partial charge on any atom is -0.496 e. The highest BCUT2D eigenvalue weighted by atomic mass is 19.4. The lowest BCUT2D eigenvalue weighted by Crippen LogP contribution is -2.38. The summed E-state index contributed by atoms with van der Waals surface area (Å²) in [6, 6.07) is 9.86. The van der Waals surface area contributed by atoms with Crippen LogP contribution in [0.1, 0.15) is 72.6 Å². The van der Waals surface area contributed by atoms with Crippen molar-refractivity contribution in [2.45, 2.75) is 69.6 Å². The SMILES string of the molecule is COC(=O)CC1CC(c2ccc(OC)c(-c3ccc(N4CCC4)nc3CN3C(=O)OC(c4cc(C(F)(F)F)cc(C(F)(F)F)c4)C3C)c2)C1. The molecule has 1 saturated carbocycles.